The van der Waals surface area contributed by atoms with Gasteiger partial charge in [-0.2, -0.15) is 5.26 Å². The minimum atomic E-state index is -0.186. The molecule has 0 saturated heterocycles. The van der Waals surface area contributed by atoms with Gasteiger partial charge in [0.25, 0.3) is 0 Å². The highest BCUT2D eigenvalue weighted by Crippen LogP contribution is 2.18. The van der Waals surface area contributed by atoms with Gasteiger partial charge in [0.15, 0.2) is 0 Å². The Labute approximate surface area is 88.7 Å². The molecule has 0 aromatic heterocycles. The fourth-order valence-electron chi connectivity index (χ4n) is 1.05. The summed E-state index contributed by atoms with van der Waals surface area (Å²) in [6.07, 6.45) is 2.10. The summed E-state index contributed by atoms with van der Waals surface area (Å²) in [6.45, 7) is 12.7. The van der Waals surface area contributed by atoms with Crippen LogP contribution in [0.3, 0.4) is 0 Å². The smallest absolute Gasteiger partial charge is 0.0684 e. The molecule has 0 spiro atoms. The highest BCUT2D eigenvalue weighted by molar-refractivity contribution is 4.91. The lowest BCUT2D eigenvalue weighted by molar-refractivity contribution is 0.357. The van der Waals surface area contributed by atoms with Crippen molar-refractivity contribution in [2.45, 2.75) is 47.5 Å². The molecule has 82 valence electrons. The van der Waals surface area contributed by atoms with Crippen LogP contribution in [-0.4, -0.2) is 13.1 Å². The fraction of sp³-hybridized carbons (Fsp3) is 0.917. The third-order valence-electron chi connectivity index (χ3n) is 2.28. The summed E-state index contributed by atoms with van der Waals surface area (Å²) in [7, 11) is 0. The van der Waals surface area contributed by atoms with Crippen molar-refractivity contribution in [3.63, 3.8) is 0 Å². The van der Waals surface area contributed by atoms with Crippen LogP contribution in [0.5, 0.6) is 0 Å². The van der Waals surface area contributed by atoms with Gasteiger partial charge in [-0.15, -0.1) is 0 Å². The minimum absolute atomic E-state index is 0.186. The fourth-order valence-corrected chi connectivity index (χ4v) is 1.05. The SMILES string of the molecule is CC(C)(C)CCNCCC(C)(C)C#N. The monoisotopic (exact) mass is 196 g/mol. The van der Waals surface area contributed by atoms with E-state index in [1.54, 1.807) is 0 Å². The molecule has 0 atom stereocenters. The minimum Gasteiger partial charge on any atom is -0.317 e. The summed E-state index contributed by atoms with van der Waals surface area (Å²) >= 11 is 0. The van der Waals surface area contributed by atoms with Gasteiger partial charge in [0.05, 0.1) is 11.5 Å². The molecule has 0 saturated carbocycles. The summed E-state index contributed by atoms with van der Waals surface area (Å²) in [5.74, 6) is 0. The Morgan fingerprint density at radius 2 is 1.50 bits per heavy atom. The number of hydrogen-bond donors (Lipinski definition) is 1. The van der Waals surface area contributed by atoms with Gasteiger partial charge in [-0.25, -0.2) is 0 Å². The number of nitriles is 1. The van der Waals surface area contributed by atoms with E-state index < -0.39 is 0 Å². The van der Waals surface area contributed by atoms with E-state index in [9.17, 15) is 0 Å². The van der Waals surface area contributed by atoms with Crippen LogP contribution in [-0.2, 0) is 0 Å². The molecule has 0 aromatic carbocycles. The van der Waals surface area contributed by atoms with Gasteiger partial charge in [-0.3, -0.25) is 0 Å². The molecule has 0 heterocycles. The molecule has 2 nitrogen and oxygen atoms in total. The van der Waals surface area contributed by atoms with E-state index in [1.807, 2.05) is 13.8 Å². The molecule has 14 heavy (non-hydrogen) atoms. The Kier molecular flexibility index (Phi) is 5.15. The third-order valence-corrected chi connectivity index (χ3v) is 2.28. The molecule has 0 amide bonds. The maximum atomic E-state index is 8.80. The standard InChI is InChI=1S/C12H24N2/c1-11(2,3)6-8-14-9-7-12(4,5)10-13/h14H,6-9H2,1-5H3. The van der Waals surface area contributed by atoms with Crippen molar-refractivity contribution >= 4 is 0 Å². The maximum absolute atomic E-state index is 8.80. The number of hydrogen-bond acceptors (Lipinski definition) is 2. The molecule has 0 aliphatic heterocycles. The Bertz CT molecular complexity index is 193. The van der Waals surface area contributed by atoms with Gasteiger partial charge in [0, 0.05) is 0 Å². The molecule has 1 N–H and O–H groups in total. The Balaban J connectivity index is 3.45. The van der Waals surface area contributed by atoms with E-state index in [0.29, 0.717) is 5.41 Å². The average molecular weight is 196 g/mol. The summed E-state index contributed by atoms with van der Waals surface area (Å²) in [5, 5.41) is 12.2. The van der Waals surface area contributed by atoms with E-state index >= 15 is 0 Å². The van der Waals surface area contributed by atoms with E-state index in [2.05, 4.69) is 32.2 Å². The van der Waals surface area contributed by atoms with Crippen molar-refractivity contribution in [2.75, 3.05) is 13.1 Å². The highest BCUT2D eigenvalue weighted by Gasteiger charge is 2.15. The lowest BCUT2D eigenvalue weighted by Gasteiger charge is -2.19. The van der Waals surface area contributed by atoms with Crippen LogP contribution in [0, 0.1) is 22.2 Å². The zero-order chi connectivity index (χ0) is 11.2. The van der Waals surface area contributed by atoms with Crippen LogP contribution in [0.2, 0.25) is 0 Å². The van der Waals surface area contributed by atoms with Crippen LogP contribution in [0.15, 0.2) is 0 Å². The predicted octanol–water partition coefficient (Wildman–Crippen LogP) is 2.95. The second kappa shape index (κ2) is 5.36. The van der Waals surface area contributed by atoms with Gasteiger partial charge >= 0.3 is 0 Å². The van der Waals surface area contributed by atoms with E-state index in [0.717, 1.165) is 19.5 Å². The van der Waals surface area contributed by atoms with Crippen molar-refractivity contribution in [2.24, 2.45) is 10.8 Å². The topological polar surface area (TPSA) is 35.8 Å². The molecule has 0 fully saturated rings. The normalized spacial score (nSPS) is 12.6. The van der Waals surface area contributed by atoms with Gasteiger partial charge in [0.1, 0.15) is 0 Å². The van der Waals surface area contributed by atoms with Crippen LogP contribution in [0.4, 0.5) is 0 Å². The third kappa shape index (κ3) is 8.07. The first-order valence-electron chi connectivity index (χ1n) is 5.39. The molecule has 0 rings (SSSR count). The lowest BCUT2D eigenvalue weighted by atomic mass is 9.91. The van der Waals surface area contributed by atoms with E-state index in [1.165, 1.54) is 6.42 Å². The molecule has 0 aliphatic carbocycles. The first kappa shape index (κ1) is 13.4. The van der Waals surface area contributed by atoms with Gasteiger partial charge in [-0.1, -0.05) is 20.8 Å². The first-order chi connectivity index (χ1) is 6.27. The van der Waals surface area contributed by atoms with Crippen molar-refractivity contribution in [1.82, 2.24) is 5.32 Å². The molecule has 0 aliphatic rings. The van der Waals surface area contributed by atoms with Gasteiger partial charge in [-0.05, 0) is 45.2 Å². The second-order valence-electron chi connectivity index (χ2n) is 5.81. The van der Waals surface area contributed by atoms with Crippen LogP contribution in [0.1, 0.15) is 47.5 Å². The lowest BCUT2D eigenvalue weighted by Crippen LogP contribution is -2.25. The van der Waals surface area contributed by atoms with Crippen molar-refractivity contribution in [3.8, 4) is 6.07 Å². The maximum Gasteiger partial charge on any atom is 0.0684 e. The zero-order valence-electron chi connectivity index (χ0n) is 10.3. The first-order valence-corrected chi connectivity index (χ1v) is 5.39. The van der Waals surface area contributed by atoms with Gasteiger partial charge in [0.2, 0.25) is 0 Å². The summed E-state index contributed by atoms with van der Waals surface area (Å²) in [5.41, 5.74) is 0.215. The van der Waals surface area contributed by atoms with Crippen molar-refractivity contribution in [1.29, 1.82) is 5.26 Å². The van der Waals surface area contributed by atoms with E-state index in [4.69, 9.17) is 5.26 Å². The molecule has 0 radical (unpaired) electrons. The Hall–Kier alpha value is -0.550. The molecular formula is C12H24N2. The Morgan fingerprint density at radius 3 is 1.93 bits per heavy atom. The summed E-state index contributed by atoms with van der Waals surface area (Å²) in [4.78, 5) is 0. The molecular weight excluding hydrogens is 172 g/mol. The van der Waals surface area contributed by atoms with Crippen molar-refractivity contribution in [3.05, 3.63) is 0 Å². The largest absolute Gasteiger partial charge is 0.317 e. The molecule has 0 bridgehead atoms. The number of nitrogens with one attached hydrogen (secondary N) is 1. The van der Waals surface area contributed by atoms with Crippen LogP contribution < -0.4 is 5.32 Å². The van der Waals surface area contributed by atoms with Crippen molar-refractivity contribution < 1.29 is 0 Å². The zero-order valence-corrected chi connectivity index (χ0v) is 10.3. The Morgan fingerprint density at radius 1 is 1.00 bits per heavy atom. The number of nitrogens with zero attached hydrogens (tertiary/aromatic N) is 1. The van der Waals surface area contributed by atoms with Gasteiger partial charge < -0.3 is 5.32 Å². The number of rotatable bonds is 5. The summed E-state index contributed by atoms with van der Waals surface area (Å²) in [6, 6.07) is 2.31. The quantitative estimate of drug-likeness (QED) is 0.686. The molecule has 2 heteroatoms. The highest BCUT2D eigenvalue weighted by atomic mass is 14.8. The molecule has 0 aromatic rings. The van der Waals surface area contributed by atoms with E-state index in [-0.39, 0.29) is 5.41 Å². The molecule has 0 unspecified atom stereocenters. The van der Waals surface area contributed by atoms with Crippen LogP contribution in [0.25, 0.3) is 0 Å². The predicted molar refractivity (Wildman–Crippen MR) is 61.0 cm³/mol. The second-order valence-corrected chi connectivity index (χ2v) is 5.81. The van der Waals surface area contributed by atoms with Crippen LogP contribution >= 0.6 is 0 Å². The summed E-state index contributed by atoms with van der Waals surface area (Å²) < 4.78 is 0. The average Bonchev–Trinajstić information content (AvgIpc) is 2.01.